The zero-order chi connectivity index (χ0) is 9.80. The molecule has 0 saturated carbocycles. The lowest BCUT2D eigenvalue weighted by Gasteiger charge is -2.12. The van der Waals surface area contributed by atoms with Crippen LogP contribution >= 0.6 is 11.9 Å². The summed E-state index contributed by atoms with van der Waals surface area (Å²) >= 11 is 1.79. The van der Waals surface area contributed by atoms with E-state index in [1.54, 1.807) is 11.9 Å². The molecule has 1 aliphatic heterocycles. The summed E-state index contributed by atoms with van der Waals surface area (Å²) in [6, 6.07) is 9.90. The smallest absolute Gasteiger partial charge is 0.0991 e. The first kappa shape index (κ1) is 9.57. The Morgan fingerprint density at radius 3 is 2.36 bits per heavy atom. The van der Waals surface area contributed by atoms with Crippen LogP contribution in [0.1, 0.15) is 18.4 Å². The maximum Gasteiger partial charge on any atom is 0.0991 e. The highest BCUT2D eigenvalue weighted by Crippen LogP contribution is 2.26. The number of hydrogen-bond acceptors (Lipinski definition) is 3. The van der Waals surface area contributed by atoms with Crippen LogP contribution in [0.15, 0.2) is 29.2 Å². The second kappa shape index (κ2) is 4.50. The van der Waals surface area contributed by atoms with Crippen molar-refractivity contribution < 1.29 is 0 Å². The van der Waals surface area contributed by atoms with Crippen LogP contribution in [0.4, 0.5) is 0 Å². The van der Waals surface area contributed by atoms with Gasteiger partial charge in [-0.1, -0.05) is 0 Å². The first-order chi connectivity index (χ1) is 6.88. The topological polar surface area (TPSA) is 27.0 Å². The van der Waals surface area contributed by atoms with Crippen LogP contribution < -0.4 is 0 Å². The van der Waals surface area contributed by atoms with E-state index in [0.29, 0.717) is 0 Å². The molecule has 72 valence electrons. The average Bonchev–Trinajstić information content (AvgIpc) is 2.72. The monoisotopic (exact) mass is 204 g/mol. The van der Waals surface area contributed by atoms with Crippen LogP contribution in [0.3, 0.4) is 0 Å². The second-order valence-electron chi connectivity index (χ2n) is 3.36. The fraction of sp³-hybridized carbons (Fsp3) is 0.364. The number of benzene rings is 1. The van der Waals surface area contributed by atoms with Crippen molar-refractivity contribution in [2.45, 2.75) is 17.7 Å². The quantitative estimate of drug-likeness (QED) is 0.693. The highest BCUT2D eigenvalue weighted by Gasteiger charge is 2.12. The van der Waals surface area contributed by atoms with E-state index >= 15 is 0 Å². The van der Waals surface area contributed by atoms with E-state index < -0.39 is 0 Å². The molecule has 0 amide bonds. The third kappa shape index (κ3) is 2.28. The van der Waals surface area contributed by atoms with Gasteiger partial charge in [0.15, 0.2) is 0 Å². The van der Waals surface area contributed by atoms with Gasteiger partial charge in [0.1, 0.15) is 0 Å². The summed E-state index contributed by atoms with van der Waals surface area (Å²) in [5, 5.41) is 8.65. The molecule has 0 N–H and O–H groups in total. The minimum atomic E-state index is 0.732. The van der Waals surface area contributed by atoms with E-state index in [1.807, 2.05) is 24.3 Å². The van der Waals surface area contributed by atoms with Crippen molar-refractivity contribution in [1.29, 1.82) is 5.26 Å². The van der Waals surface area contributed by atoms with Gasteiger partial charge in [-0.15, -0.1) is 0 Å². The van der Waals surface area contributed by atoms with Gasteiger partial charge in [0.2, 0.25) is 0 Å². The predicted molar refractivity (Wildman–Crippen MR) is 57.8 cm³/mol. The van der Waals surface area contributed by atoms with E-state index in [1.165, 1.54) is 30.8 Å². The highest BCUT2D eigenvalue weighted by atomic mass is 32.2. The molecule has 0 aromatic heterocycles. The van der Waals surface area contributed by atoms with E-state index in [4.69, 9.17) is 5.26 Å². The van der Waals surface area contributed by atoms with Crippen molar-refractivity contribution >= 4 is 11.9 Å². The Bertz CT molecular complexity index is 333. The zero-order valence-corrected chi connectivity index (χ0v) is 8.76. The van der Waals surface area contributed by atoms with Gasteiger partial charge >= 0.3 is 0 Å². The molecule has 0 aliphatic carbocycles. The Hall–Kier alpha value is -0.980. The summed E-state index contributed by atoms with van der Waals surface area (Å²) < 4.78 is 2.38. The Balaban J connectivity index is 1.99. The largest absolute Gasteiger partial charge is 0.246 e. The molecular weight excluding hydrogens is 192 g/mol. The van der Waals surface area contributed by atoms with E-state index in [2.05, 4.69) is 10.4 Å². The molecule has 2 nitrogen and oxygen atoms in total. The van der Waals surface area contributed by atoms with Crippen molar-refractivity contribution in [3.8, 4) is 6.07 Å². The molecule has 0 atom stereocenters. The molecule has 0 unspecified atom stereocenters. The fourth-order valence-corrected chi connectivity index (χ4v) is 2.52. The summed E-state index contributed by atoms with van der Waals surface area (Å²) in [6.07, 6.45) is 2.62. The Kier molecular flexibility index (Phi) is 3.07. The number of nitriles is 1. The summed E-state index contributed by atoms with van der Waals surface area (Å²) in [5.74, 6) is 0. The third-order valence-electron chi connectivity index (χ3n) is 2.28. The Morgan fingerprint density at radius 1 is 1.14 bits per heavy atom. The van der Waals surface area contributed by atoms with Crippen LogP contribution in [-0.2, 0) is 0 Å². The van der Waals surface area contributed by atoms with Crippen molar-refractivity contribution in [3.63, 3.8) is 0 Å². The molecule has 1 heterocycles. The maximum absolute atomic E-state index is 8.65. The van der Waals surface area contributed by atoms with Gasteiger partial charge in [-0.3, -0.25) is 0 Å². The Labute approximate surface area is 88.7 Å². The standard InChI is InChI=1S/C11H12N2S/c12-9-10-3-5-11(6-4-10)14-13-7-1-2-8-13/h3-6H,1-2,7-8H2. The van der Waals surface area contributed by atoms with Gasteiger partial charge in [-0.2, -0.15) is 5.26 Å². The Morgan fingerprint density at radius 2 is 1.79 bits per heavy atom. The lowest BCUT2D eigenvalue weighted by molar-refractivity contribution is 0.586. The summed E-state index contributed by atoms with van der Waals surface area (Å²) in [4.78, 5) is 1.23. The maximum atomic E-state index is 8.65. The first-order valence-corrected chi connectivity index (χ1v) is 5.59. The van der Waals surface area contributed by atoms with Gasteiger partial charge in [0.25, 0.3) is 0 Å². The van der Waals surface area contributed by atoms with Gasteiger partial charge < -0.3 is 0 Å². The second-order valence-corrected chi connectivity index (χ2v) is 4.53. The fourth-order valence-electron chi connectivity index (χ4n) is 1.52. The number of nitrogens with zero attached hydrogens (tertiary/aromatic N) is 2. The SMILES string of the molecule is N#Cc1ccc(SN2CCCC2)cc1. The molecule has 14 heavy (non-hydrogen) atoms. The minimum Gasteiger partial charge on any atom is -0.246 e. The van der Waals surface area contributed by atoms with Crippen LogP contribution in [0.25, 0.3) is 0 Å². The lowest BCUT2D eigenvalue weighted by atomic mass is 10.2. The van der Waals surface area contributed by atoms with Crippen molar-refractivity contribution in [3.05, 3.63) is 29.8 Å². The molecule has 0 bridgehead atoms. The van der Waals surface area contributed by atoms with E-state index in [-0.39, 0.29) is 0 Å². The van der Waals surface area contributed by atoms with Crippen LogP contribution in [0, 0.1) is 11.3 Å². The van der Waals surface area contributed by atoms with Crippen molar-refractivity contribution in [2.24, 2.45) is 0 Å². The number of hydrogen-bond donors (Lipinski definition) is 0. The van der Waals surface area contributed by atoms with E-state index in [9.17, 15) is 0 Å². The van der Waals surface area contributed by atoms with E-state index in [0.717, 1.165) is 5.56 Å². The van der Waals surface area contributed by atoms with Crippen molar-refractivity contribution in [1.82, 2.24) is 4.31 Å². The van der Waals surface area contributed by atoms with Gasteiger partial charge in [-0.05, 0) is 49.1 Å². The molecule has 0 spiro atoms. The molecule has 1 aliphatic rings. The zero-order valence-electron chi connectivity index (χ0n) is 7.94. The lowest BCUT2D eigenvalue weighted by Crippen LogP contribution is -2.08. The predicted octanol–water partition coefficient (Wildman–Crippen LogP) is 2.66. The molecule has 2 rings (SSSR count). The van der Waals surface area contributed by atoms with Gasteiger partial charge in [0, 0.05) is 18.0 Å². The van der Waals surface area contributed by atoms with Crippen LogP contribution in [-0.4, -0.2) is 17.4 Å². The molecule has 0 radical (unpaired) electrons. The minimum absolute atomic E-state index is 0.732. The summed E-state index contributed by atoms with van der Waals surface area (Å²) in [6.45, 7) is 2.37. The number of rotatable bonds is 2. The van der Waals surface area contributed by atoms with Gasteiger partial charge in [0.05, 0.1) is 11.6 Å². The molecular formula is C11H12N2S. The van der Waals surface area contributed by atoms with Gasteiger partial charge in [-0.25, -0.2) is 4.31 Å². The third-order valence-corrected chi connectivity index (χ3v) is 3.39. The molecule has 3 heteroatoms. The average molecular weight is 204 g/mol. The van der Waals surface area contributed by atoms with Crippen molar-refractivity contribution in [2.75, 3.05) is 13.1 Å². The highest BCUT2D eigenvalue weighted by molar-refractivity contribution is 7.97. The molecule has 1 saturated heterocycles. The normalized spacial score (nSPS) is 16.8. The molecule has 1 aromatic carbocycles. The summed E-state index contributed by atoms with van der Waals surface area (Å²) in [7, 11) is 0. The summed E-state index contributed by atoms with van der Waals surface area (Å²) in [5.41, 5.74) is 0.732. The van der Waals surface area contributed by atoms with Crippen LogP contribution in [0.2, 0.25) is 0 Å². The first-order valence-electron chi connectivity index (χ1n) is 4.81. The molecule has 1 fully saturated rings. The molecule has 1 aromatic rings. The van der Waals surface area contributed by atoms with Crippen LogP contribution in [0.5, 0.6) is 0 Å².